The fraction of sp³-hybridized carbons (Fsp3) is 0.385. The third kappa shape index (κ3) is 2.02. The molecule has 1 N–H and O–H groups in total. The molecule has 0 unspecified atom stereocenters. The average molecular weight is 230 g/mol. The van der Waals surface area contributed by atoms with Gasteiger partial charge in [0.15, 0.2) is 5.41 Å². The number of aryl methyl sites for hydroxylation is 2. The van der Waals surface area contributed by atoms with Gasteiger partial charge in [0.1, 0.15) is 0 Å². The molecule has 0 aliphatic carbocycles. The first kappa shape index (κ1) is 11.6. The van der Waals surface area contributed by atoms with Crippen molar-refractivity contribution >= 4 is 11.6 Å². The Kier molecular flexibility index (Phi) is 2.86. The molecule has 4 nitrogen and oxygen atoms in total. The smallest absolute Gasteiger partial charge is 0.249 e. The summed E-state index contributed by atoms with van der Waals surface area (Å²) in [6, 6.07) is 7.80. The van der Waals surface area contributed by atoms with Crippen LogP contribution in [0.3, 0.4) is 0 Å². The largest absolute Gasteiger partial charge is 0.377 e. The van der Waals surface area contributed by atoms with Crippen LogP contribution in [0.15, 0.2) is 18.2 Å². The summed E-state index contributed by atoms with van der Waals surface area (Å²) in [4.78, 5) is 12.0. The van der Waals surface area contributed by atoms with E-state index in [0.29, 0.717) is 0 Å². The predicted octanol–water partition coefficient (Wildman–Crippen LogP) is 1.78. The molecule has 0 aromatic heterocycles. The number of nitriles is 1. The minimum atomic E-state index is -1.00. The SMILES string of the molecule is Cc1ccc(NC(=O)C2(C#N)COC2)c(C)c1. The number of ether oxygens (including phenoxy) is 1. The molecule has 1 saturated heterocycles. The first-order valence-electron chi connectivity index (χ1n) is 5.45. The Bertz CT molecular complexity index is 499. The fourth-order valence-electron chi connectivity index (χ4n) is 1.75. The molecule has 1 fully saturated rings. The quantitative estimate of drug-likeness (QED) is 0.842. The number of carbonyl (C=O) groups excluding carboxylic acids is 1. The van der Waals surface area contributed by atoms with Gasteiger partial charge in [-0.1, -0.05) is 17.7 Å². The minimum absolute atomic E-state index is 0.181. The number of hydrogen-bond acceptors (Lipinski definition) is 3. The Morgan fingerprint density at radius 3 is 2.65 bits per heavy atom. The number of anilines is 1. The molecule has 0 saturated carbocycles. The maximum Gasteiger partial charge on any atom is 0.249 e. The highest BCUT2D eigenvalue weighted by Crippen LogP contribution is 2.29. The summed E-state index contributed by atoms with van der Waals surface area (Å²) >= 11 is 0. The Morgan fingerprint density at radius 2 is 2.18 bits per heavy atom. The van der Waals surface area contributed by atoms with Gasteiger partial charge in [0.2, 0.25) is 5.91 Å². The number of hydrogen-bond donors (Lipinski definition) is 1. The molecule has 0 spiro atoms. The summed E-state index contributed by atoms with van der Waals surface area (Å²) < 4.78 is 4.95. The molecule has 1 aromatic carbocycles. The van der Waals surface area contributed by atoms with Crippen molar-refractivity contribution in [3.63, 3.8) is 0 Å². The molecule has 17 heavy (non-hydrogen) atoms. The highest BCUT2D eigenvalue weighted by molar-refractivity contribution is 5.98. The number of nitrogens with one attached hydrogen (secondary N) is 1. The number of carbonyl (C=O) groups is 1. The second-order valence-electron chi connectivity index (χ2n) is 4.46. The Labute approximate surface area is 100 Å². The van der Waals surface area contributed by atoms with Crippen LogP contribution in [0.1, 0.15) is 11.1 Å². The van der Waals surface area contributed by atoms with Gasteiger partial charge in [0.05, 0.1) is 19.3 Å². The monoisotopic (exact) mass is 230 g/mol. The number of benzene rings is 1. The molecule has 1 aliphatic heterocycles. The van der Waals surface area contributed by atoms with Gasteiger partial charge in [0.25, 0.3) is 0 Å². The Morgan fingerprint density at radius 1 is 1.47 bits per heavy atom. The summed E-state index contributed by atoms with van der Waals surface area (Å²) in [6.45, 7) is 4.29. The normalized spacial score (nSPS) is 16.8. The van der Waals surface area contributed by atoms with Crippen molar-refractivity contribution < 1.29 is 9.53 Å². The topological polar surface area (TPSA) is 62.1 Å². The average Bonchev–Trinajstić information content (AvgIpc) is 2.21. The van der Waals surface area contributed by atoms with Gasteiger partial charge in [0, 0.05) is 5.69 Å². The second-order valence-corrected chi connectivity index (χ2v) is 4.46. The van der Waals surface area contributed by atoms with E-state index in [2.05, 4.69) is 5.32 Å². The van der Waals surface area contributed by atoms with Crippen molar-refractivity contribution in [2.24, 2.45) is 5.41 Å². The Balaban J connectivity index is 2.16. The van der Waals surface area contributed by atoms with E-state index in [1.54, 1.807) is 0 Å². The van der Waals surface area contributed by atoms with E-state index in [-0.39, 0.29) is 19.1 Å². The van der Waals surface area contributed by atoms with Crippen molar-refractivity contribution in [1.82, 2.24) is 0 Å². The van der Waals surface area contributed by atoms with Crippen LogP contribution < -0.4 is 5.32 Å². The standard InChI is InChI=1S/C13H14N2O2/c1-9-3-4-11(10(2)5-9)15-12(16)13(6-14)7-17-8-13/h3-5H,7-8H2,1-2H3,(H,15,16). The van der Waals surface area contributed by atoms with Crippen molar-refractivity contribution in [1.29, 1.82) is 5.26 Å². The first-order valence-corrected chi connectivity index (χ1v) is 5.45. The van der Waals surface area contributed by atoms with Gasteiger partial charge >= 0.3 is 0 Å². The van der Waals surface area contributed by atoms with Crippen molar-refractivity contribution in [3.05, 3.63) is 29.3 Å². The van der Waals surface area contributed by atoms with Crippen LogP contribution in [0.4, 0.5) is 5.69 Å². The number of rotatable bonds is 2. The molecule has 88 valence electrons. The molecule has 4 heteroatoms. The summed E-state index contributed by atoms with van der Waals surface area (Å²) in [7, 11) is 0. The minimum Gasteiger partial charge on any atom is -0.377 e. The summed E-state index contributed by atoms with van der Waals surface area (Å²) in [5, 5.41) is 11.8. The molecule has 1 aliphatic rings. The second kappa shape index (κ2) is 4.19. The first-order chi connectivity index (χ1) is 8.07. The summed E-state index contributed by atoms with van der Waals surface area (Å²) in [6.07, 6.45) is 0. The van der Waals surface area contributed by atoms with Crippen LogP contribution in [-0.2, 0) is 9.53 Å². The van der Waals surface area contributed by atoms with Crippen molar-refractivity contribution in [3.8, 4) is 6.07 Å². The van der Waals surface area contributed by atoms with Crippen LogP contribution >= 0.6 is 0 Å². The van der Waals surface area contributed by atoms with E-state index in [1.165, 1.54) is 0 Å². The summed E-state index contributed by atoms with van der Waals surface area (Å²) in [5.74, 6) is -0.279. The molecule has 1 heterocycles. The summed E-state index contributed by atoms with van der Waals surface area (Å²) in [5.41, 5.74) is 1.88. The van der Waals surface area contributed by atoms with Crippen molar-refractivity contribution in [2.45, 2.75) is 13.8 Å². The molecule has 0 atom stereocenters. The van der Waals surface area contributed by atoms with Crippen LogP contribution in [0, 0.1) is 30.6 Å². The number of amides is 1. The van der Waals surface area contributed by atoms with Crippen LogP contribution in [-0.4, -0.2) is 19.1 Å². The van der Waals surface area contributed by atoms with Gasteiger partial charge in [-0.05, 0) is 25.5 Å². The number of nitrogens with zero attached hydrogens (tertiary/aromatic N) is 1. The highest BCUT2D eigenvalue weighted by Gasteiger charge is 2.46. The lowest BCUT2D eigenvalue weighted by molar-refractivity contribution is -0.144. The predicted molar refractivity (Wildman–Crippen MR) is 63.4 cm³/mol. The van der Waals surface area contributed by atoms with Crippen LogP contribution in [0.25, 0.3) is 0 Å². The zero-order chi connectivity index (χ0) is 12.5. The molecular weight excluding hydrogens is 216 g/mol. The van der Waals surface area contributed by atoms with E-state index in [1.807, 2.05) is 38.1 Å². The molecular formula is C13H14N2O2. The maximum absolute atomic E-state index is 12.0. The van der Waals surface area contributed by atoms with Crippen LogP contribution in [0.5, 0.6) is 0 Å². The third-order valence-electron chi connectivity index (χ3n) is 2.98. The van der Waals surface area contributed by atoms with E-state index in [9.17, 15) is 4.79 Å². The van der Waals surface area contributed by atoms with Gasteiger partial charge in [-0.25, -0.2) is 0 Å². The van der Waals surface area contributed by atoms with Gasteiger partial charge in [-0.15, -0.1) is 0 Å². The van der Waals surface area contributed by atoms with Crippen molar-refractivity contribution in [2.75, 3.05) is 18.5 Å². The zero-order valence-corrected chi connectivity index (χ0v) is 9.91. The van der Waals surface area contributed by atoms with Crippen LogP contribution in [0.2, 0.25) is 0 Å². The molecule has 0 radical (unpaired) electrons. The zero-order valence-electron chi connectivity index (χ0n) is 9.91. The highest BCUT2D eigenvalue weighted by atomic mass is 16.5. The Hall–Kier alpha value is -1.86. The fourth-order valence-corrected chi connectivity index (χ4v) is 1.75. The third-order valence-corrected chi connectivity index (χ3v) is 2.98. The van der Waals surface area contributed by atoms with E-state index in [0.717, 1.165) is 16.8 Å². The lowest BCUT2D eigenvalue weighted by Gasteiger charge is -2.33. The van der Waals surface area contributed by atoms with Gasteiger partial charge in [-0.2, -0.15) is 5.26 Å². The molecule has 1 aromatic rings. The van der Waals surface area contributed by atoms with Gasteiger partial charge < -0.3 is 10.1 Å². The lowest BCUT2D eigenvalue weighted by Crippen LogP contribution is -2.50. The lowest BCUT2D eigenvalue weighted by atomic mass is 9.86. The molecule has 2 rings (SSSR count). The maximum atomic E-state index is 12.0. The molecule has 1 amide bonds. The van der Waals surface area contributed by atoms with Gasteiger partial charge in [-0.3, -0.25) is 4.79 Å². The van der Waals surface area contributed by atoms with E-state index in [4.69, 9.17) is 10.00 Å². The van der Waals surface area contributed by atoms with E-state index >= 15 is 0 Å². The van der Waals surface area contributed by atoms with E-state index < -0.39 is 5.41 Å². The molecule has 0 bridgehead atoms.